The van der Waals surface area contributed by atoms with Gasteiger partial charge in [0.05, 0.1) is 0 Å². The van der Waals surface area contributed by atoms with Crippen molar-refractivity contribution in [1.82, 2.24) is 0 Å². The average Bonchev–Trinajstić information content (AvgIpc) is 3.44. The molecule has 0 aliphatic rings. The molecule has 0 fully saturated rings. The molecule has 0 radical (unpaired) electrons. The largest absolute Gasteiger partial charge is 0.452 e. The molecule has 0 aliphatic heterocycles. The second kappa shape index (κ2) is 5.68. The van der Waals surface area contributed by atoms with Crippen molar-refractivity contribution in [2.75, 3.05) is 0 Å². The quantitative estimate of drug-likeness (QED) is 0.250. The van der Waals surface area contributed by atoms with Crippen LogP contribution in [0.15, 0.2) is 106 Å². The first-order chi connectivity index (χ1) is 15.9. The molecule has 0 unspecified atom stereocenters. The monoisotopic (exact) mass is 408 g/mol. The predicted molar refractivity (Wildman–Crippen MR) is 134 cm³/mol. The summed E-state index contributed by atoms with van der Waals surface area (Å²) in [6.45, 7) is 0. The number of fused-ring (bicyclic) bond motifs is 14. The molecule has 0 N–H and O–H groups in total. The Morgan fingerprint density at radius 2 is 0.750 bits per heavy atom. The smallest absolute Gasteiger partial charge is 0.179 e. The molecule has 0 spiro atoms. The molecular weight excluding hydrogens is 392 g/mol. The first-order valence-corrected chi connectivity index (χ1v) is 10.9. The van der Waals surface area contributed by atoms with Gasteiger partial charge in [-0.05, 0) is 44.5 Å². The third-order valence-electron chi connectivity index (χ3n) is 6.83. The second-order valence-corrected chi connectivity index (χ2v) is 8.48. The van der Waals surface area contributed by atoms with Gasteiger partial charge in [-0.3, -0.25) is 0 Å². The summed E-state index contributed by atoms with van der Waals surface area (Å²) in [7, 11) is 0. The van der Waals surface area contributed by atoms with Crippen LogP contribution in [0.1, 0.15) is 0 Å². The molecule has 148 valence electrons. The number of benzene rings is 6. The Bertz CT molecular complexity index is 1890. The minimum absolute atomic E-state index is 0.824. The van der Waals surface area contributed by atoms with E-state index in [1.807, 2.05) is 0 Å². The second-order valence-electron chi connectivity index (χ2n) is 8.48. The summed E-state index contributed by atoms with van der Waals surface area (Å²) in [4.78, 5) is 0. The lowest BCUT2D eigenvalue weighted by molar-refractivity contribution is 0.634. The summed E-state index contributed by atoms with van der Waals surface area (Å²) in [6, 6.07) is 34.1. The van der Waals surface area contributed by atoms with Gasteiger partial charge in [-0.25, -0.2) is 0 Å². The van der Waals surface area contributed by atoms with Crippen molar-refractivity contribution >= 4 is 76.2 Å². The molecule has 0 amide bonds. The molecule has 2 heterocycles. The lowest BCUT2D eigenvalue weighted by Crippen LogP contribution is -1.79. The van der Waals surface area contributed by atoms with Crippen LogP contribution in [0.3, 0.4) is 0 Å². The van der Waals surface area contributed by atoms with Gasteiger partial charge < -0.3 is 8.83 Å². The van der Waals surface area contributed by atoms with E-state index in [-0.39, 0.29) is 0 Å². The Kier molecular flexibility index (Phi) is 2.91. The van der Waals surface area contributed by atoms with Gasteiger partial charge in [0.15, 0.2) is 11.2 Å². The van der Waals surface area contributed by atoms with E-state index in [0.717, 1.165) is 43.9 Å². The van der Waals surface area contributed by atoms with E-state index in [2.05, 4.69) is 97.1 Å². The molecule has 2 aromatic heterocycles. The zero-order chi connectivity index (χ0) is 20.8. The molecule has 8 rings (SSSR count). The van der Waals surface area contributed by atoms with E-state index in [9.17, 15) is 0 Å². The Labute approximate surface area is 182 Å². The summed E-state index contributed by atoms with van der Waals surface area (Å²) in [5.41, 5.74) is 3.43. The third-order valence-corrected chi connectivity index (χ3v) is 6.83. The highest BCUT2D eigenvalue weighted by atomic mass is 16.4. The maximum Gasteiger partial charge on any atom is 0.179 e. The zero-order valence-electron chi connectivity index (χ0n) is 17.1. The highest BCUT2D eigenvalue weighted by Gasteiger charge is 2.22. The van der Waals surface area contributed by atoms with Crippen LogP contribution in [-0.4, -0.2) is 0 Å². The van der Waals surface area contributed by atoms with Crippen LogP contribution in [0, 0.1) is 0 Å². The Morgan fingerprint density at radius 1 is 0.344 bits per heavy atom. The molecule has 0 saturated heterocycles. The maximum atomic E-state index is 6.53. The number of rotatable bonds is 0. The summed E-state index contributed by atoms with van der Waals surface area (Å²) in [5.74, 6) is 0. The van der Waals surface area contributed by atoms with Crippen molar-refractivity contribution in [2.24, 2.45) is 0 Å². The van der Waals surface area contributed by atoms with E-state index in [4.69, 9.17) is 8.83 Å². The van der Waals surface area contributed by atoms with Gasteiger partial charge >= 0.3 is 0 Å². The lowest BCUT2D eigenvalue weighted by Gasteiger charge is -2.04. The highest BCUT2D eigenvalue weighted by Crippen LogP contribution is 2.47. The van der Waals surface area contributed by atoms with Gasteiger partial charge in [-0.15, -0.1) is 0 Å². The molecule has 0 bridgehead atoms. The minimum atomic E-state index is 0.824. The van der Waals surface area contributed by atoms with E-state index < -0.39 is 0 Å². The van der Waals surface area contributed by atoms with E-state index in [1.165, 1.54) is 32.3 Å². The first kappa shape index (κ1) is 16.4. The lowest BCUT2D eigenvalue weighted by atomic mass is 9.95. The van der Waals surface area contributed by atoms with Crippen LogP contribution in [-0.2, 0) is 0 Å². The highest BCUT2D eigenvalue weighted by molar-refractivity contribution is 6.38. The number of hydrogen-bond donors (Lipinski definition) is 0. The first-order valence-electron chi connectivity index (χ1n) is 10.9. The fraction of sp³-hybridized carbons (Fsp3) is 0. The van der Waals surface area contributed by atoms with Crippen LogP contribution in [0.4, 0.5) is 0 Å². The predicted octanol–water partition coefficient (Wildman–Crippen LogP) is 8.94. The molecule has 32 heavy (non-hydrogen) atoms. The van der Waals surface area contributed by atoms with Gasteiger partial charge in [0.1, 0.15) is 11.2 Å². The summed E-state index contributed by atoms with van der Waals surface area (Å²) in [5, 5.41) is 11.8. The SMILES string of the molecule is c1ccc2c(c1)ccc1oc3c4oc5ccc6ccccc6c5c4c4ccccc4c3c12. The molecular formula is C30H16O2. The molecule has 0 atom stereocenters. The molecule has 6 aromatic carbocycles. The molecule has 2 heteroatoms. The van der Waals surface area contributed by atoms with Crippen LogP contribution in [0.2, 0.25) is 0 Å². The summed E-state index contributed by atoms with van der Waals surface area (Å²) < 4.78 is 13.1. The summed E-state index contributed by atoms with van der Waals surface area (Å²) in [6.07, 6.45) is 0. The van der Waals surface area contributed by atoms with Gasteiger partial charge in [-0.1, -0.05) is 84.9 Å². The normalized spacial score (nSPS) is 12.4. The standard InChI is InChI=1S/C30H16O2/c1-3-9-19-17(7-1)13-15-23-25(19)27-21-11-5-6-12-22(21)28-26-20-10-4-2-8-18(20)14-16-24(26)32-30(28)29(27)31-23/h1-16H. The fourth-order valence-corrected chi connectivity index (χ4v) is 5.49. The van der Waals surface area contributed by atoms with Crippen LogP contribution < -0.4 is 0 Å². The van der Waals surface area contributed by atoms with E-state index in [0.29, 0.717) is 0 Å². The van der Waals surface area contributed by atoms with Crippen molar-refractivity contribution in [3.63, 3.8) is 0 Å². The Balaban J connectivity index is 1.75. The van der Waals surface area contributed by atoms with Crippen molar-refractivity contribution < 1.29 is 8.83 Å². The van der Waals surface area contributed by atoms with Gasteiger partial charge in [-0.2, -0.15) is 0 Å². The van der Waals surface area contributed by atoms with Crippen molar-refractivity contribution in [3.8, 4) is 0 Å². The van der Waals surface area contributed by atoms with Crippen LogP contribution in [0.5, 0.6) is 0 Å². The fourth-order valence-electron chi connectivity index (χ4n) is 5.49. The number of hydrogen-bond acceptors (Lipinski definition) is 2. The molecule has 8 aromatic rings. The number of furan rings is 2. The maximum absolute atomic E-state index is 6.53. The topological polar surface area (TPSA) is 26.3 Å². The van der Waals surface area contributed by atoms with Crippen molar-refractivity contribution in [3.05, 3.63) is 97.1 Å². The molecule has 2 nitrogen and oxygen atoms in total. The van der Waals surface area contributed by atoms with Gasteiger partial charge in [0, 0.05) is 21.5 Å². The van der Waals surface area contributed by atoms with E-state index in [1.54, 1.807) is 0 Å². The average molecular weight is 408 g/mol. The zero-order valence-corrected chi connectivity index (χ0v) is 17.1. The summed E-state index contributed by atoms with van der Waals surface area (Å²) >= 11 is 0. The van der Waals surface area contributed by atoms with Crippen LogP contribution in [0.25, 0.3) is 76.2 Å². The Hall–Kier alpha value is -4.30. The Morgan fingerprint density at radius 3 is 1.22 bits per heavy atom. The minimum Gasteiger partial charge on any atom is -0.452 e. The molecule has 0 aliphatic carbocycles. The van der Waals surface area contributed by atoms with Crippen molar-refractivity contribution in [1.29, 1.82) is 0 Å². The van der Waals surface area contributed by atoms with Gasteiger partial charge in [0.25, 0.3) is 0 Å². The van der Waals surface area contributed by atoms with Gasteiger partial charge in [0.2, 0.25) is 0 Å². The van der Waals surface area contributed by atoms with Crippen LogP contribution >= 0.6 is 0 Å². The van der Waals surface area contributed by atoms with Crippen molar-refractivity contribution in [2.45, 2.75) is 0 Å². The molecule has 0 saturated carbocycles. The van der Waals surface area contributed by atoms with E-state index >= 15 is 0 Å². The third kappa shape index (κ3) is 1.91.